The Bertz CT molecular complexity index is 552. The van der Waals surface area contributed by atoms with Crippen LogP contribution in [0, 0.1) is 16.0 Å². The zero-order chi connectivity index (χ0) is 16.2. The lowest BCUT2D eigenvalue weighted by Gasteiger charge is -2.37. The van der Waals surface area contributed by atoms with Crippen molar-refractivity contribution in [3.05, 3.63) is 28.3 Å². The molecule has 2 aliphatic rings. The van der Waals surface area contributed by atoms with E-state index in [0.717, 1.165) is 51.6 Å². The minimum absolute atomic E-state index is 0.0103. The molecule has 2 heterocycles. The SMILES string of the molecule is COc1cc(N2CCN(CC3CCOC3)CC2)ccc1[N+](=O)[O-]. The van der Waals surface area contributed by atoms with Crippen molar-refractivity contribution >= 4 is 11.4 Å². The van der Waals surface area contributed by atoms with E-state index in [0.29, 0.717) is 11.7 Å². The lowest BCUT2D eigenvalue weighted by Crippen LogP contribution is -2.47. The summed E-state index contributed by atoms with van der Waals surface area (Å²) in [4.78, 5) is 15.3. The maximum Gasteiger partial charge on any atom is 0.311 e. The zero-order valence-corrected chi connectivity index (χ0v) is 13.4. The number of ether oxygens (including phenoxy) is 2. The lowest BCUT2D eigenvalue weighted by atomic mass is 10.1. The van der Waals surface area contributed by atoms with Crippen molar-refractivity contribution in [3.63, 3.8) is 0 Å². The Morgan fingerprint density at radius 2 is 2.13 bits per heavy atom. The highest BCUT2D eigenvalue weighted by atomic mass is 16.6. The number of hydrogen-bond donors (Lipinski definition) is 0. The van der Waals surface area contributed by atoms with Crippen molar-refractivity contribution in [1.29, 1.82) is 0 Å². The van der Waals surface area contributed by atoms with Crippen LogP contribution in [0.1, 0.15) is 6.42 Å². The third-order valence-electron chi connectivity index (χ3n) is 4.64. The average Bonchev–Trinajstić information content (AvgIpc) is 3.08. The Balaban J connectivity index is 1.59. The number of nitro benzene ring substituents is 1. The number of benzene rings is 1. The Morgan fingerprint density at radius 3 is 2.74 bits per heavy atom. The topological polar surface area (TPSA) is 68.1 Å². The molecule has 0 bridgehead atoms. The molecule has 0 amide bonds. The molecule has 1 atom stereocenters. The van der Waals surface area contributed by atoms with E-state index in [4.69, 9.17) is 9.47 Å². The average molecular weight is 321 g/mol. The van der Waals surface area contributed by atoms with Gasteiger partial charge in [0.25, 0.3) is 0 Å². The molecule has 7 heteroatoms. The summed E-state index contributed by atoms with van der Waals surface area (Å²) >= 11 is 0. The smallest absolute Gasteiger partial charge is 0.311 e. The summed E-state index contributed by atoms with van der Waals surface area (Å²) in [5, 5.41) is 11.0. The van der Waals surface area contributed by atoms with Gasteiger partial charge in [0, 0.05) is 57.2 Å². The molecule has 2 aliphatic heterocycles. The molecule has 0 spiro atoms. The van der Waals surface area contributed by atoms with Gasteiger partial charge in [-0.1, -0.05) is 0 Å². The van der Waals surface area contributed by atoms with Crippen molar-refractivity contribution in [1.82, 2.24) is 4.90 Å². The van der Waals surface area contributed by atoms with E-state index >= 15 is 0 Å². The van der Waals surface area contributed by atoms with E-state index in [9.17, 15) is 10.1 Å². The summed E-state index contributed by atoms with van der Waals surface area (Å²) < 4.78 is 10.6. The number of anilines is 1. The van der Waals surface area contributed by atoms with Crippen LogP contribution in [-0.4, -0.2) is 62.9 Å². The second-order valence-corrected chi connectivity index (χ2v) is 6.13. The summed E-state index contributed by atoms with van der Waals surface area (Å²) in [7, 11) is 1.47. The van der Waals surface area contributed by atoms with Crippen molar-refractivity contribution in [2.75, 3.05) is 57.9 Å². The highest BCUT2D eigenvalue weighted by Crippen LogP contribution is 2.31. The Kier molecular flexibility index (Phi) is 4.97. The molecular formula is C16H23N3O4. The number of methoxy groups -OCH3 is 1. The number of nitrogens with zero attached hydrogens (tertiary/aromatic N) is 3. The van der Waals surface area contributed by atoms with Crippen molar-refractivity contribution in [2.45, 2.75) is 6.42 Å². The number of hydrogen-bond acceptors (Lipinski definition) is 6. The molecule has 126 valence electrons. The fourth-order valence-corrected chi connectivity index (χ4v) is 3.29. The van der Waals surface area contributed by atoms with Crippen LogP contribution in [-0.2, 0) is 4.74 Å². The molecule has 1 unspecified atom stereocenters. The quantitative estimate of drug-likeness (QED) is 0.608. The molecule has 0 aliphatic carbocycles. The van der Waals surface area contributed by atoms with Gasteiger partial charge >= 0.3 is 5.69 Å². The van der Waals surface area contributed by atoms with Crippen LogP contribution < -0.4 is 9.64 Å². The molecule has 0 N–H and O–H groups in total. The highest BCUT2D eigenvalue weighted by molar-refractivity contribution is 5.59. The van der Waals surface area contributed by atoms with E-state index in [1.165, 1.54) is 19.6 Å². The normalized spacial score (nSPS) is 22.3. The summed E-state index contributed by atoms with van der Waals surface area (Å²) in [6.45, 7) is 6.76. The van der Waals surface area contributed by atoms with E-state index < -0.39 is 4.92 Å². The predicted octanol–water partition coefficient (Wildman–Crippen LogP) is 1.76. The van der Waals surface area contributed by atoms with Crippen LogP contribution in [0.25, 0.3) is 0 Å². The minimum atomic E-state index is -0.412. The number of nitro groups is 1. The maximum absolute atomic E-state index is 11.0. The standard InChI is InChI=1S/C16H23N3O4/c1-22-16-10-14(2-3-15(16)19(20)21)18-7-5-17(6-8-18)11-13-4-9-23-12-13/h2-3,10,13H,4-9,11-12H2,1H3. The van der Waals surface area contributed by atoms with Crippen molar-refractivity contribution in [2.24, 2.45) is 5.92 Å². The third kappa shape index (κ3) is 3.73. The predicted molar refractivity (Wildman–Crippen MR) is 87.2 cm³/mol. The molecule has 2 fully saturated rings. The Hall–Kier alpha value is -1.86. The first-order chi connectivity index (χ1) is 11.2. The van der Waals surface area contributed by atoms with Gasteiger partial charge in [-0.25, -0.2) is 0 Å². The van der Waals surface area contributed by atoms with Crippen LogP contribution in [0.2, 0.25) is 0 Å². The van der Waals surface area contributed by atoms with Crippen LogP contribution in [0.3, 0.4) is 0 Å². The fourth-order valence-electron chi connectivity index (χ4n) is 3.29. The molecule has 1 aromatic rings. The molecule has 0 saturated carbocycles. The molecule has 2 saturated heterocycles. The Morgan fingerprint density at radius 1 is 1.35 bits per heavy atom. The van der Waals surface area contributed by atoms with Crippen molar-refractivity contribution in [3.8, 4) is 5.75 Å². The van der Waals surface area contributed by atoms with E-state index in [-0.39, 0.29) is 5.69 Å². The van der Waals surface area contributed by atoms with E-state index in [1.807, 2.05) is 0 Å². The molecule has 3 rings (SSSR count). The molecule has 1 aromatic carbocycles. The fraction of sp³-hybridized carbons (Fsp3) is 0.625. The molecular weight excluding hydrogens is 298 g/mol. The van der Waals surface area contributed by atoms with Crippen LogP contribution in [0.15, 0.2) is 18.2 Å². The second-order valence-electron chi connectivity index (χ2n) is 6.13. The zero-order valence-electron chi connectivity index (χ0n) is 13.4. The van der Waals surface area contributed by atoms with E-state index in [1.54, 1.807) is 12.1 Å². The maximum atomic E-state index is 11.0. The van der Waals surface area contributed by atoms with Crippen LogP contribution in [0.5, 0.6) is 5.75 Å². The molecule has 0 aromatic heterocycles. The van der Waals surface area contributed by atoms with Gasteiger partial charge in [-0.2, -0.15) is 0 Å². The number of rotatable bonds is 5. The molecule has 7 nitrogen and oxygen atoms in total. The first kappa shape index (κ1) is 16.0. The Labute approximate surface area is 135 Å². The monoisotopic (exact) mass is 321 g/mol. The largest absolute Gasteiger partial charge is 0.490 e. The highest BCUT2D eigenvalue weighted by Gasteiger charge is 2.24. The van der Waals surface area contributed by atoms with Crippen LogP contribution in [0.4, 0.5) is 11.4 Å². The van der Waals surface area contributed by atoms with Gasteiger partial charge in [0.1, 0.15) is 0 Å². The van der Waals surface area contributed by atoms with Gasteiger partial charge in [0.15, 0.2) is 5.75 Å². The van der Waals surface area contributed by atoms with Crippen molar-refractivity contribution < 1.29 is 14.4 Å². The lowest BCUT2D eigenvalue weighted by molar-refractivity contribution is -0.385. The summed E-state index contributed by atoms with van der Waals surface area (Å²) in [5.74, 6) is 0.985. The van der Waals surface area contributed by atoms with Gasteiger partial charge in [0.2, 0.25) is 0 Å². The summed E-state index contributed by atoms with van der Waals surface area (Å²) in [5.41, 5.74) is 0.993. The molecule has 0 radical (unpaired) electrons. The van der Waals surface area contributed by atoms with Gasteiger partial charge in [-0.05, 0) is 18.4 Å². The third-order valence-corrected chi connectivity index (χ3v) is 4.64. The molecule has 23 heavy (non-hydrogen) atoms. The van der Waals surface area contributed by atoms with Gasteiger partial charge in [0.05, 0.1) is 18.6 Å². The second kappa shape index (κ2) is 7.14. The van der Waals surface area contributed by atoms with Gasteiger partial charge in [-0.15, -0.1) is 0 Å². The van der Waals surface area contributed by atoms with Crippen LogP contribution >= 0.6 is 0 Å². The summed E-state index contributed by atoms with van der Waals surface area (Å²) in [6.07, 6.45) is 1.17. The summed E-state index contributed by atoms with van der Waals surface area (Å²) in [6, 6.07) is 5.09. The van der Waals surface area contributed by atoms with Gasteiger partial charge < -0.3 is 14.4 Å². The van der Waals surface area contributed by atoms with E-state index in [2.05, 4.69) is 9.80 Å². The van der Waals surface area contributed by atoms with Gasteiger partial charge in [-0.3, -0.25) is 15.0 Å². The first-order valence-electron chi connectivity index (χ1n) is 8.05. The number of piperazine rings is 1. The minimum Gasteiger partial charge on any atom is -0.490 e. The first-order valence-corrected chi connectivity index (χ1v) is 8.05.